The molecule has 0 spiro atoms. The molecule has 3 aromatic carbocycles. The van der Waals surface area contributed by atoms with E-state index in [0.717, 1.165) is 34.4 Å². The SMILES string of the molecule is CNC(C)C(=O)NC1CCc2ccccc2N(Cc2ccccc2-c2ccccc2)C1=O.Cl. The Morgan fingerprint density at radius 1 is 1.00 bits per heavy atom. The lowest BCUT2D eigenvalue weighted by Crippen LogP contribution is -2.52. The second kappa shape index (κ2) is 11.1. The molecule has 0 saturated heterocycles. The second-order valence-corrected chi connectivity index (χ2v) is 8.19. The summed E-state index contributed by atoms with van der Waals surface area (Å²) < 4.78 is 0. The van der Waals surface area contributed by atoms with Gasteiger partial charge < -0.3 is 15.5 Å². The number of hydrogen-bond acceptors (Lipinski definition) is 3. The van der Waals surface area contributed by atoms with Crippen LogP contribution in [0.2, 0.25) is 0 Å². The topological polar surface area (TPSA) is 61.4 Å². The van der Waals surface area contributed by atoms with Crippen LogP contribution in [-0.2, 0) is 22.6 Å². The van der Waals surface area contributed by atoms with Crippen LogP contribution < -0.4 is 15.5 Å². The molecular formula is C27H30ClN3O2. The fraction of sp³-hybridized carbons (Fsp3) is 0.259. The van der Waals surface area contributed by atoms with Gasteiger partial charge in [-0.05, 0) is 55.1 Å². The number of carbonyl (C=O) groups is 2. The van der Waals surface area contributed by atoms with Crippen LogP contribution in [0.5, 0.6) is 0 Å². The number of anilines is 1. The number of nitrogens with zero attached hydrogens (tertiary/aromatic N) is 1. The highest BCUT2D eigenvalue weighted by Crippen LogP contribution is 2.31. The van der Waals surface area contributed by atoms with Crippen molar-refractivity contribution in [2.45, 2.75) is 38.4 Å². The van der Waals surface area contributed by atoms with Gasteiger partial charge in [0, 0.05) is 5.69 Å². The molecule has 0 aromatic heterocycles. The molecule has 33 heavy (non-hydrogen) atoms. The van der Waals surface area contributed by atoms with Gasteiger partial charge in [-0.3, -0.25) is 9.59 Å². The number of likely N-dealkylation sites (N-methyl/N-ethyl adjacent to an activating group) is 1. The number of amides is 2. The predicted octanol–water partition coefficient (Wildman–Crippen LogP) is 4.35. The van der Waals surface area contributed by atoms with E-state index in [1.165, 1.54) is 0 Å². The van der Waals surface area contributed by atoms with Crippen molar-refractivity contribution < 1.29 is 9.59 Å². The molecule has 172 valence electrons. The molecule has 2 amide bonds. The minimum atomic E-state index is -0.561. The number of para-hydroxylation sites is 1. The van der Waals surface area contributed by atoms with E-state index < -0.39 is 6.04 Å². The van der Waals surface area contributed by atoms with Gasteiger partial charge in [0.05, 0.1) is 12.6 Å². The highest BCUT2D eigenvalue weighted by molar-refractivity contribution is 6.01. The molecule has 0 radical (unpaired) electrons. The third-order valence-corrected chi connectivity index (χ3v) is 6.12. The molecule has 1 aliphatic heterocycles. The summed E-state index contributed by atoms with van der Waals surface area (Å²) in [5, 5.41) is 5.91. The predicted molar refractivity (Wildman–Crippen MR) is 136 cm³/mol. The smallest absolute Gasteiger partial charge is 0.249 e. The quantitative estimate of drug-likeness (QED) is 0.571. The Labute approximate surface area is 201 Å². The maximum absolute atomic E-state index is 13.7. The number of fused-ring (bicyclic) bond motifs is 1. The fourth-order valence-corrected chi connectivity index (χ4v) is 4.17. The lowest BCUT2D eigenvalue weighted by molar-refractivity contribution is -0.128. The van der Waals surface area contributed by atoms with E-state index in [1.54, 1.807) is 14.0 Å². The van der Waals surface area contributed by atoms with Crippen LogP contribution in [0.1, 0.15) is 24.5 Å². The molecule has 0 saturated carbocycles. The lowest BCUT2D eigenvalue weighted by atomic mass is 9.99. The van der Waals surface area contributed by atoms with Crippen LogP contribution in [0, 0.1) is 0 Å². The number of rotatable bonds is 6. The maximum atomic E-state index is 13.7. The number of benzene rings is 3. The first kappa shape index (κ1) is 24.5. The van der Waals surface area contributed by atoms with Gasteiger partial charge in [-0.25, -0.2) is 0 Å². The number of hydrogen-bond donors (Lipinski definition) is 2. The van der Waals surface area contributed by atoms with Crippen molar-refractivity contribution in [2.24, 2.45) is 0 Å². The Kier molecular flexibility index (Phi) is 8.26. The number of aryl methyl sites for hydroxylation is 1. The highest BCUT2D eigenvalue weighted by Gasteiger charge is 2.32. The van der Waals surface area contributed by atoms with E-state index in [0.29, 0.717) is 13.0 Å². The first-order chi connectivity index (χ1) is 15.6. The Hall–Kier alpha value is -3.15. The minimum absolute atomic E-state index is 0. The van der Waals surface area contributed by atoms with Gasteiger partial charge in [-0.2, -0.15) is 0 Å². The lowest BCUT2D eigenvalue weighted by Gasteiger charge is -2.28. The third-order valence-electron chi connectivity index (χ3n) is 6.12. The molecule has 2 atom stereocenters. The number of halogens is 1. The fourth-order valence-electron chi connectivity index (χ4n) is 4.17. The van der Waals surface area contributed by atoms with Crippen LogP contribution in [0.3, 0.4) is 0 Å². The molecule has 5 nitrogen and oxygen atoms in total. The summed E-state index contributed by atoms with van der Waals surface area (Å²) in [6.07, 6.45) is 1.31. The zero-order chi connectivity index (χ0) is 22.5. The van der Waals surface area contributed by atoms with E-state index in [-0.39, 0.29) is 30.3 Å². The minimum Gasteiger partial charge on any atom is -0.343 e. The van der Waals surface area contributed by atoms with E-state index in [2.05, 4.69) is 41.0 Å². The largest absolute Gasteiger partial charge is 0.343 e. The Bertz CT molecular complexity index is 1100. The average Bonchev–Trinajstić information content (AvgIpc) is 2.96. The van der Waals surface area contributed by atoms with Crippen molar-refractivity contribution in [1.82, 2.24) is 10.6 Å². The number of nitrogens with one attached hydrogen (secondary N) is 2. The second-order valence-electron chi connectivity index (χ2n) is 8.19. The van der Waals surface area contributed by atoms with Crippen LogP contribution >= 0.6 is 12.4 Å². The third kappa shape index (κ3) is 5.44. The molecule has 0 fully saturated rings. The Morgan fingerprint density at radius 3 is 2.42 bits per heavy atom. The monoisotopic (exact) mass is 463 g/mol. The Balaban J connectivity index is 0.00000306. The van der Waals surface area contributed by atoms with Gasteiger partial charge >= 0.3 is 0 Å². The molecule has 3 aromatic rings. The zero-order valence-electron chi connectivity index (χ0n) is 19.0. The standard InChI is InChI=1S/C27H29N3O2.ClH/c1-19(28-2)26(31)29-24-17-16-21-12-7-9-15-25(21)30(27(24)32)18-22-13-6-8-14-23(22)20-10-4-3-5-11-20;/h3-15,19,24,28H,16-18H2,1-2H3,(H,29,31);1H. The van der Waals surface area contributed by atoms with Gasteiger partial charge in [0.25, 0.3) is 0 Å². The van der Waals surface area contributed by atoms with E-state index >= 15 is 0 Å². The zero-order valence-corrected chi connectivity index (χ0v) is 19.8. The first-order valence-corrected chi connectivity index (χ1v) is 11.1. The normalized spacial score (nSPS) is 16.2. The van der Waals surface area contributed by atoms with E-state index in [1.807, 2.05) is 53.4 Å². The summed E-state index contributed by atoms with van der Waals surface area (Å²) in [4.78, 5) is 28.1. The average molecular weight is 464 g/mol. The van der Waals surface area contributed by atoms with Crippen LogP contribution in [-0.4, -0.2) is 30.9 Å². The van der Waals surface area contributed by atoms with Crippen LogP contribution in [0.15, 0.2) is 78.9 Å². The first-order valence-electron chi connectivity index (χ1n) is 11.1. The van der Waals surface area contributed by atoms with Crippen molar-refractivity contribution in [1.29, 1.82) is 0 Å². The molecule has 6 heteroatoms. The molecule has 4 rings (SSSR count). The van der Waals surface area contributed by atoms with Crippen molar-refractivity contribution in [2.75, 3.05) is 11.9 Å². The van der Waals surface area contributed by atoms with Gasteiger partial charge in [-0.1, -0.05) is 72.8 Å². The molecular weight excluding hydrogens is 434 g/mol. The van der Waals surface area contributed by atoms with Crippen molar-refractivity contribution >= 4 is 29.9 Å². The highest BCUT2D eigenvalue weighted by atomic mass is 35.5. The van der Waals surface area contributed by atoms with Crippen molar-refractivity contribution in [3.05, 3.63) is 90.0 Å². The van der Waals surface area contributed by atoms with E-state index in [4.69, 9.17) is 0 Å². The van der Waals surface area contributed by atoms with E-state index in [9.17, 15) is 9.59 Å². The maximum Gasteiger partial charge on any atom is 0.249 e. The molecule has 2 N–H and O–H groups in total. The van der Waals surface area contributed by atoms with Crippen molar-refractivity contribution in [3.63, 3.8) is 0 Å². The van der Waals surface area contributed by atoms with Gasteiger partial charge in [-0.15, -0.1) is 12.4 Å². The Morgan fingerprint density at radius 2 is 1.67 bits per heavy atom. The summed E-state index contributed by atoms with van der Waals surface area (Å²) in [5.41, 5.74) is 5.33. The molecule has 0 aliphatic carbocycles. The van der Waals surface area contributed by atoms with Crippen molar-refractivity contribution in [3.8, 4) is 11.1 Å². The van der Waals surface area contributed by atoms with Gasteiger partial charge in [0.2, 0.25) is 11.8 Å². The van der Waals surface area contributed by atoms with Crippen LogP contribution in [0.25, 0.3) is 11.1 Å². The number of carbonyl (C=O) groups excluding carboxylic acids is 2. The summed E-state index contributed by atoms with van der Waals surface area (Å²) >= 11 is 0. The molecule has 0 bridgehead atoms. The van der Waals surface area contributed by atoms with Gasteiger partial charge in [0.1, 0.15) is 6.04 Å². The summed E-state index contributed by atoms with van der Waals surface area (Å²) in [6.45, 7) is 2.23. The summed E-state index contributed by atoms with van der Waals surface area (Å²) in [5.74, 6) is -0.240. The molecule has 1 heterocycles. The summed E-state index contributed by atoms with van der Waals surface area (Å²) in [7, 11) is 1.74. The summed E-state index contributed by atoms with van der Waals surface area (Å²) in [6, 6.07) is 25.5. The van der Waals surface area contributed by atoms with Gasteiger partial charge in [0.15, 0.2) is 0 Å². The molecule has 2 unspecified atom stereocenters. The van der Waals surface area contributed by atoms with Crippen LogP contribution in [0.4, 0.5) is 5.69 Å². The molecule has 1 aliphatic rings.